The van der Waals surface area contributed by atoms with Gasteiger partial charge in [0, 0.05) is 13.2 Å². The van der Waals surface area contributed by atoms with Gasteiger partial charge in [0.15, 0.2) is 6.29 Å². The average molecular weight is 318 g/mol. The summed E-state index contributed by atoms with van der Waals surface area (Å²) in [6.07, 6.45) is 3.10. The molecular weight excluding hydrogens is 291 g/mol. The summed E-state index contributed by atoms with van der Waals surface area (Å²) in [5.74, 6) is 1.41. The van der Waals surface area contributed by atoms with Gasteiger partial charge in [0.2, 0.25) is 0 Å². The fraction of sp³-hybridized carbons (Fsp3) is 0.381. The summed E-state index contributed by atoms with van der Waals surface area (Å²) >= 11 is 0. The van der Waals surface area contributed by atoms with Crippen LogP contribution in [0, 0.1) is 5.92 Å². The Bertz CT molecular complexity index is 491. The molecular formula is C21H27LiO2. The van der Waals surface area contributed by atoms with Crippen molar-refractivity contribution in [3.8, 4) is 0 Å². The summed E-state index contributed by atoms with van der Waals surface area (Å²) < 4.78 is 11.0. The third-order valence-corrected chi connectivity index (χ3v) is 3.82. The molecule has 2 nitrogen and oxygen atoms in total. The third kappa shape index (κ3) is 7.16. The van der Waals surface area contributed by atoms with Crippen molar-refractivity contribution >= 4 is 0 Å². The van der Waals surface area contributed by atoms with E-state index in [9.17, 15) is 0 Å². The van der Waals surface area contributed by atoms with Gasteiger partial charge in [-0.1, -0.05) is 49.2 Å². The second kappa shape index (κ2) is 12.2. The molecule has 0 amide bonds. The molecule has 0 fully saturated rings. The molecule has 0 aromatic heterocycles. The molecule has 2 aromatic rings. The molecule has 24 heavy (non-hydrogen) atoms. The predicted molar refractivity (Wildman–Crippen MR) is 95.2 cm³/mol. The first-order chi connectivity index (χ1) is 11.3. The van der Waals surface area contributed by atoms with Crippen LogP contribution in [-0.4, -0.2) is 19.5 Å². The van der Waals surface area contributed by atoms with E-state index in [1.807, 2.05) is 13.8 Å². The predicted octanol–water partition coefficient (Wildman–Crippen LogP) is 2.23. The van der Waals surface area contributed by atoms with Crippen molar-refractivity contribution in [3.63, 3.8) is 0 Å². The third-order valence-electron chi connectivity index (χ3n) is 3.82. The number of rotatable bonds is 10. The van der Waals surface area contributed by atoms with Crippen LogP contribution in [0.15, 0.2) is 60.7 Å². The Kier molecular flexibility index (Phi) is 10.6. The van der Waals surface area contributed by atoms with Crippen LogP contribution in [0.3, 0.4) is 0 Å². The van der Waals surface area contributed by atoms with Crippen molar-refractivity contribution in [3.05, 3.63) is 77.7 Å². The fourth-order valence-corrected chi connectivity index (χ4v) is 2.67. The molecule has 0 bridgehead atoms. The van der Waals surface area contributed by atoms with Crippen molar-refractivity contribution in [2.75, 3.05) is 13.2 Å². The van der Waals surface area contributed by atoms with Crippen molar-refractivity contribution < 1.29 is 28.3 Å². The van der Waals surface area contributed by atoms with Gasteiger partial charge in [-0.3, -0.25) is 0 Å². The van der Waals surface area contributed by atoms with Gasteiger partial charge in [-0.05, 0) is 20.3 Å². The van der Waals surface area contributed by atoms with Gasteiger partial charge < -0.3 is 9.47 Å². The Hall–Kier alpha value is -1.17. The standard InChI is InChI=1S/C21H27O2.Li/c1-3-22-18(2)23-17-11-10-16-21(19-12-6-4-7-13-19)20-14-8-5-9-15-20;/h4-9,12-15,18H,3,10-11,16-17H2,1-2H3;/q-1;+1. The molecule has 0 aliphatic rings. The van der Waals surface area contributed by atoms with E-state index in [1.54, 1.807) is 0 Å². The Morgan fingerprint density at radius 3 is 1.88 bits per heavy atom. The van der Waals surface area contributed by atoms with E-state index in [1.165, 1.54) is 17.0 Å². The SMILES string of the molecule is CCOC(C)OCCCC[C-](c1ccccc1)c1ccccc1.[Li+]. The molecule has 124 valence electrons. The minimum Gasteiger partial charge on any atom is -0.353 e. The second-order valence-corrected chi connectivity index (χ2v) is 5.56. The first-order valence-corrected chi connectivity index (χ1v) is 8.51. The van der Waals surface area contributed by atoms with E-state index in [-0.39, 0.29) is 25.2 Å². The number of unbranched alkanes of at least 4 members (excludes halogenated alkanes) is 1. The Balaban J connectivity index is 0.00000288. The number of benzene rings is 2. The monoisotopic (exact) mass is 318 g/mol. The molecule has 3 heteroatoms. The molecule has 0 N–H and O–H groups in total. The summed E-state index contributed by atoms with van der Waals surface area (Å²) in [6, 6.07) is 21.3. The zero-order valence-electron chi connectivity index (χ0n) is 15.2. The average Bonchev–Trinajstić information content (AvgIpc) is 2.60. The topological polar surface area (TPSA) is 18.5 Å². The molecule has 0 saturated heterocycles. The van der Waals surface area contributed by atoms with Crippen LogP contribution in [0.2, 0.25) is 0 Å². The van der Waals surface area contributed by atoms with Crippen LogP contribution in [0.5, 0.6) is 0 Å². The molecule has 2 aromatic carbocycles. The van der Waals surface area contributed by atoms with E-state index in [0.717, 1.165) is 25.9 Å². The molecule has 0 spiro atoms. The number of ether oxygens (including phenoxy) is 2. The quantitative estimate of drug-likeness (QED) is 0.289. The van der Waals surface area contributed by atoms with Crippen molar-refractivity contribution in [1.82, 2.24) is 0 Å². The van der Waals surface area contributed by atoms with Crippen LogP contribution in [0.4, 0.5) is 0 Å². The zero-order chi connectivity index (χ0) is 16.3. The van der Waals surface area contributed by atoms with Gasteiger partial charge in [0.1, 0.15) is 0 Å². The van der Waals surface area contributed by atoms with E-state index in [4.69, 9.17) is 9.47 Å². The second-order valence-electron chi connectivity index (χ2n) is 5.56. The molecule has 0 heterocycles. The van der Waals surface area contributed by atoms with E-state index in [2.05, 4.69) is 60.7 Å². The van der Waals surface area contributed by atoms with E-state index >= 15 is 0 Å². The van der Waals surface area contributed by atoms with Gasteiger partial charge in [-0.2, -0.15) is 0 Å². The summed E-state index contributed by atoms with van der Waals surface area (Å²) in [4.78, 5) is 0. The number of hydrogen-bond acceptors (Lipinski definition) is 2. The van der Waals surface area contributed by atoms with Crippen molar-refractivity contribution in [1.29, 1.82) is 0 Å². The number of hydrogen-bond donors (Lipinski definition) is 0. The molecule has 2 rings (SSSR count). The summed E-state index contributed by atoms with van der Waals surface area (Å²) in [6.45, 7) is 5.38. The van der Waals surface area contributed by atoms with E-state index in [0.29, 0.717) is 6.61 Å². The normalized spacial score (nSPS) is 11.6. The molecule has 0 radical (unpaired) electrons. The molecule has 1 atom stereocenters. The van der Waals surface area contributed by atoms with Gasteiger partial charge in [-0.15, -0.1) is 41.3 Å². The van der Waals surface area contributed by atoms with Crippen LogP contribution >= 0.6 is 0 Å². The van der Waals surface area contributed by atoms with Gasteiger partial charge in [-0.25, -0.2) is 0 Å². The first kappa shape index (κ1) is 20.9. The van der Waals surface area contributed by atoms with Gasteiger partial charge >= 0.3 is 18.9 Å². The van der Waals surface area contributed by atoms with Crippen LogP contribution < -0.4 is 18.9 Å². The minimum absolute atomic E-state index is 0. The molecule has 0 saturated carbocycles. The summed E-state index contributed by atoms with van der Waals surface area (Å²) in [5.41, 5.74) is 2.62. The summed E-state index contributed by atoms with van der Waals surface area (Å²) in [7, 11) is 0. The largest absolute Gasteiger partial charge is 1.00 e. The minimum atomic E-state index is -0.105. The van der Waals surface area contributed by atoms with Crippen LogP contribution in [-0.2, 0) is 9.47 Å². The first-order valence-electron chi connectivity index (χ1n) is 8.51. The smallest absolute Gasteiger partial charge is 0.353 e. The fourth-order valence-electron chi connectivity index (χ4n) is 2.67. The Labute approximate surface area is 158 Å². The van der Waals surface area contributed by atoms with Crippen molar-refractivity contribution in [2.45, 2.75) is 39.4 Å². The Morgan fingerprint density at radius 1 is 0.833 bits per heavy atom. The molecule has 1 unspecified atom stereocenters. The van der Waals surface area contributed by atoms with Crippen LogP contribution in [0.1, 0.15) is 44.2 Å². The Morgan fingerprint density at radius 2 is 1.38 bits per heavy atom. The molecule has 0 aliphatic carbocycles. The maximum Gasteiger partial charge on any atom is 1.00 e. The molecule has 0 aliphatic heterocycles. The van der Waals surface area contributed by atoms with Gasteiger partial charge in [0.05, 0.1) is 0 Å². The summed E-state index contributed by atoms with van der Waals surface area (Å²) in [5, 5.41) is 0. The zero-order valence-corrected chi connectivity index (χ0v) is 15.2. The van der Waals surface area contributed by atoms with Gasteiger partial charge in [0.25, 0.3) is 0 Å². The van der Waals surface area contributed by atoms with Crippen LogP contribution in [0.25, 0.3) is 0 Å². The van der Waals surface area contributed by atoms with Crippen molar-refractivity contribution in [2.24, 2.45) is 0 Å². The van der Waals surface area contributed by atoms with E-state index < -0.39 is 0 Å². The maximum absolute atomic E-state index is 5.64. The maximum atomic E-state index is 5.64.